The van der Waals surface area contributed by atoms with Crippen LogP contribution in [0.15, 0.2) is 71.6 Å². The first-order chi connectivity index (χ1) is 20.2. The van der Waals surface area contributed by atoms with Crippen LogP contribution in [0.4, 0.5) is 16.4 Å². The smallest absolute Gasteiger partial charge is 0.319 e. The number of rotatable bonds is 8. The summed E-state index contributed by atoms with van der Waals surface area (Å²) >= 11 is 0. The third kappa shape index (κ3) is 7.00. The zero-order valence-corrected chi connectivity index (χ0v) is 24.2. The van der Waals surface area contributed by atoms with Gasteiger partial charge in [-0.25, -0.2) is 13.2 Å². The van der Waals surface area contributed by atoms with Gasteiger partial charge in [0.1, 0.15) is 0 Å². The minimum Gasteiger partial charge on any atom is -0.327 e. The summed E-state index contributed by atoms with van der Waals surface area (Å²) in [6.07, 6.45) is 7.27. The highest BCUT2D eigenvalue weighted by Gasteiger charge is 2.21. The largest absolute Gasteiger partial charge is 0.327 e. The molecule has 4 N–H and O–H groups in total. The Morgan fingerprint density at radius 3 is 2.19 bits per heavy atom. The van der Waals surface area contributed by atoms with Crippen LogP contribution in [0.2, 0.25) is 0 Å². The molecule has 0 aliphatic heterocycles. The van der Waals surface area contributed by atoms with E-state index in [4.69, 9.17) is 0 Å². The molecule has 3 amide bonds. The molecule has 0 saturated heterocycles. The van der Waals surface area contributed by atoms with Gasteiger partial charge in [0.25, 0.3) is 11.9 Å². The molecule has 218 valence electrons. The molecule has 12 heteroatoms. The molecule has 0 bridgehead atoms. The van der Waals surface area contributed by atoms with Gasteiger partial charge in [0, 0.05) is 17.5 Å². The highest BCUT2D eigenvalue weighted by molar-refractivity contribution is 7.90. The van der Waals surface area contributed by atoms with Gasteiger partial charge in [0.2, 0.25) is 0 Å². The van der Waals surface area contributed by atoms with Gasteiger partial charge in [-0.05, 0) is 77.4 Å². The second-order valence-electron chi connectivity index (χ2n) is 10.6. The van der Waals surface area contributed by atoms with Gasteiger partial charge in [-0.3, -0.25) is 10.1 Å². The first kappa shape index (κ1) is 28.9. The van der Waals surface area contributed by atoms with E-state index in [0.717, 1.165) is 17.4 Å². The third-order valence-corrected chi connectivity index (χ3v) is 8.78. The normalized spacial score (nSPS) is 14.6. The zero-order valence-electron chi connectivity index (χ0n) is 23.4. The first-order valence-electron chi connectivity index (χ1n) is 13.8. The Labute approximate surface area is 244 Å². The Balaban J connectivity index is 1.39. The number of amides is 3. The molecule has 1 heterocycles. The maximum absolute atomic E-state index is 13.2. The van der Waals surface area contributed by atoms with Crippen molar-refractivity contribution in [2.45, 2.75) is 55.9 Å². The molecule has 0 radical (unpaired) electrons. The number of carbonyl (C=O) groups is 2. The lowest BCUT2D eigenvalue weighted by molar-refractivity contribution is 0.102. The SMILES string of the molecule is Cc1ccc(NC(=O)NC(c2ccc(C(=O)Nc3nn[nH]n3)cc2)c2ccc(C3CCCCC3)cc2)cc1S(C)(=O)=O. The molecule has 1 fully saturated rings. The van der Waals surface area contributed by atoms with Gasteiger partial charge in [-0.1, -0.05) is 66.8 Å². The maximum Gasteiger partial charge on any atom is 0.319 e. The van der Waals surface area contributed by atoms with Gasteiger partial charge in [0.05, 0.1) is 10.9 Å². The molecule has 4 aromatic rings. The number of H-pyrrole nitrogens is 1. The quantitative estimate of drug-likeness (QED) is 0.223. The summed E-state index contributed by atoms with van der Waals surface area (Å²) in [5.41, 5.74) is 4.26. The number of anilines is 2. The van der Waals surface area contributed by atoms with Crippen LogP contribution in [0.3, 0.4) is 0 Å². The predicted octanol–water partition coefficient (Wildman–Crippen LogP) is 5.12. The molecule has 1 unspecified atom stereocenters. The molecular weight excluding hydrogens is 554 g/mol. The molecule has 0 spiro atoms. The summed E-state index contributed by atoms with van der Waals surface area (Å²) in [5, 5.41) is 21.5. The van der Waals surface area contributed by atoms with E-state index in [2.05, 4.69) is 48.7 Å². The van der Waals surface area contributed by atoms with Crippen LogP contribution in [0, 0.1) is 6.92 Å². The van der Waals surface area contributed by atoms with Crippen molar-refractivity contribution in [3.05, 3.63) is 94.5 Å². The van der Waals surface area contributed by atoms with Gasteiger partial charge in [-0.2, -0.15) is 5.21 Å². The van der Waals surface area contributed by atoms with Crippen LogP contribution < -0.4 is 16.0 Å². The number of carbonyl (C=O) groups excluding carboxylic acids is 2. The van der Waals surface area contributed by atoms with E-state index < -0.39 is 27.8 Å². The molecule has 5 rings (SSSR count). The second-order valence-corrected chi connectivity index (χ2v) is 12.6. The minimum absolute atomic E-state index is 0.0634. The second kappa shape index (κ2) is 12.5. The number of sulfone groups is 1. The fourth-order valence-electron chi connectivity index (χ4n) is 5.35. The number of nitrogens with zero attached hydrogens (tertiary/aromatic N) is 3. The minimum atomic E-state index is -3.46. The van der Waals surface area contributed by atoms with Crippen LogP contribution in [0.1, 0.15) is 76.7 Å². The number of hydrogen-bond acceptors (Lipinski definition) is 7. The average Bonchev–Trinajstić information content (AvgIpc) is 3.50. The fraction of sp³-hybridized carbons (Fsp3) is 0.300. The topological polar surface area (TPSA) is 159 Å². The van der Waals surface area contributed by atoms with Gasteiger partial charge < -0.3 is 10.6 Å². The maximum atomic E-state index is 13.2. The van der Waals surface area contributed by atoms with Crippen LogP contribution in [-0.2, 0) is 9.84 Å². The van der Waals surface area contributed by atoms with Crippen molar-refractivity contribution in [2.24, 2.45) is 0 Å². The molecule has 1 atom stereocenters. The Hall–Kier alpha value is -4.58. The van der Waals surface area contributed by atoms with E-state index in [1.165, 1.54) is 43.7 Å². The lowest BCUT2D eigenvalue weighted by Gasteiger charge is -2.24. The first-order valence-corrected chi connectivity index (χ1v) is 15.7. The number of benzene rings is 3. The standard InChI is InChI=1S/C30H33N7O4S/c1-19-8-17-25(18-26(19)42(2,40)41)31-30(39)32-27(22-11-9-21(10-12-22)20-6-4-3-5-7-20)23-13-15-24(16-14-23)28(38)33-29-34-36-37-35-29/h8-18,20,27H,3-7H2,1-2H3,(H2,31,32,39)(H2,33,34,35,36,37,38). The monoisotopic (exact) mass is 587 g/mol. The molecule has 3 aromatic carbocycles. The summed E-state index contributed by atoms with van der Waals surface area (Å²) in [6.45, 7) is 1.71. The van der Waals surface area contributed by atoms with E-state index in [0.29, 0.717) is 22.7 Å². The summed E-state index contributed by atoms with van der Waals surface area (Å²) in [7, 11) is -3.46. The summed E-state index contributed by atoms with van der Waals surface area (Å²) < 4.78 is 24.4. The van der Waals surface area contributed by atoms with Crippen molar-refractivity contribution in [3.8, 4) is 0 Å². The molecule has 1 aliphatic carbocycles. The van der Waals surface area contributed by atoms with E-state index in [1.54, 1.807) is 43.3 Å². The van der Waals surface area contributed by atoms with Crippen molar-refractivity contribution in [2.75, 3.05) is 16.9 Å². The van der Waals surface area contributed by atoms with E-state index in [-0.39, 0.29) is 10.8 Å². The lowest BCUT2D eigenvalue weighted by atomic mass is 9.83. The predicted molar refractivity (Wildman–Crippen MR) is 159 cm³/mol. The number of urea groups is 1. The van der Waals surface area contributed by atoms with Gasteiger partial charge in [-0.15, -0.1) is 5.10 Å². The van der Waals surface area contributed by atoms with Crippen LogP contribution in [0.25, 0.3) is 0 Å². The molecule has 1 saturated carbocycles. The summed E-state index contributed by atoms with van der Waals surface area (Å²) in [5.74, 6) is 0.210. The van der Waals surface area contributed by atoms with Crippen molar-refractivity contribution in [3.63, 3.8) is 0 Å². The Morgan fingerprint density at radius 2 is 1.57 bits per heavy atom. The number of aryl methyl sites for hydroxylation is 1. The number of tetrazole rings is 1. The molecule has 1 aromatic heterocycles. The third-order valence-electron chi connectivity index (χ3n) is 7.54. The highest BCUT2D eigenvalue weighted by Crippen LogP contribution is 2.34. The summed E-state index contributed by atoms with van der Waals surface area (Å²) in [4.78, 5) is 26.0. The average molecular weight is 588 g/mol. The zero-order chi connectivity index (χ0) is 29.7. The van der Waals surface area contributed by atoms with Crippen molar-refractivity contribution < 1.29 is 18.0 Å². The highest BCUT2D eigenvalue weighted by atomic mass is 32.2. The molecule has 1 aliphatic rings. The lowest BCUT2D eigenvalue weighted by Crippen LogP contribution is -2.33. The van der Waals surface area contributed by atoms with Crippen LogP contribution in [-0.4, -0.2) is 47.2 Å². The number of nitrogens with one attached hydrogen (secondary N) is 4. The van der Waals surface area contributed by atoms with Crippen LogP contribution in [0.5, 0.6) is 0 Å². The van der Waals surface area contributed by atoms with Gasteiger partial charge >= 0.3 is 6.03 Å². The molecule has 42 heavy (non-hydrogen) atoms. The fourth-order valence-corrected chi connectivity index (χ4v) is 6.34. The Kier molecular flexibility index (Phi) is 8.62. The van der Waals surface area contributed by atoms with E-state index in [1.807, 2.05) is 12.1 Å². The molecular formula is C30H33N7O4S. The van der Waals surface area contributed by atoms with E-state index in [9.17, 15) is 18.0 Å². The summed E-state index contributed by atoms with van der Waals surface area (Å²) in [6, 6.07) is 18.9. The number of aromatic amines is 1. The van der Waals surface area contributed by atoms with Crippen molar-refractivity contribution >= 4 is 33.4 Å². The van der Waals surface area contributed by atoms with E-state index >= 15 is 0 Å². The number of aromatic nitrogens is 4. The van der Waals surface area contributed by atoms with Crippen LogP contribution >= 0.6 is 0 Å². The molecule has 11 nitrogen and oxygen atoms in total. The Bertz CT molecular complexity index is 1650. The number of hydrogen-bond donors (Lipinski definition) is 4. The van der Waals surface area contributed by atoms with Crippen molar-refractivity contribution in [1.29, 1.82) is 0 Å². The Morgan fingerprint density at radius 1 is 0.905 bits per heavy atom. The van der Waals surface area contributed by atoms with Gasteiger partial charge in [0.15, 0.2) is 9.84 Å². The van der Waals surface area contributed by atoms with Crippen molar-refractivity contribution in [1.82, 2.24) is 25.9 Å².